The lowest BCUT2D eigenvalue weighted by Gasteiger charge is -2.29. The molecule has 1 saturated heterocycles. The first-order chi connectivity index (χ1) is 17.4. The van der Waals surface area contributed by atoms with Gasteiger partial charge in [-0.25, -0.2) is 9.97 Å². The topological polar surface area (TPSA) is 133 Å². The van der Waals surface area contributed by atoms with E-state index >= 15 is 0 Å². The average Bonchev–Trinajstić information content (AvgIpc) is 3.27. The Balaban J connectivity index is 1.43. The number of rotatable bonds is 7. The Labute approximate surface area is 208 Å². The van der Waals surface area contributed by atoms with Gasteiger partial charge in [0.15, 0.2) is 11.5 Å². The van der Waals surface area contributed by atoms with Crippen LogP contribution in [-0.2, 0) is 7.05 Å². The summed E-state index contributed by atoms with van der Waals surface area (Å²) in [4.78, 5) is 32.4. The van der Waals surface area contributed by atoms with E-state index in [0.717, 1.165) is 37.2 Å². The number of hydrogen-bond donors (Lipinski definition) is 2. The van der Waals surface area contributed by atoms with E-state index in [1.54, 1.807) is 18.7 Å². The van der Waals surface area contributed by atoms with Crippen molar-refractivity contribution >= 4 is 28.4 Å². The van der Waals surface area contributed by atoms with Gasteiger partial charge in [-0.2, -0.15) is 4.98 Å². The third-order valence-corrected chi connectivity index (χ3v) is 6.27. The third kappa shape index (κ3) is 4.65. The number of carbonyl (C=O) groups is 1. The van der Waals surface area contributed by atoms with Crippen LogP contribution in [0, 0.1) is 0 Å². The molecule has 4 heterocycles. The lowest BCUT2D eigenvalue weighted by Crippen LogP contribution is -2.35. The molecular formula is C25H28N8O3. The van der Waals surface area contributed by atoms with Crippen molar-refractivity contribution in [3.05, 3.63) is 48.7 Å². The number of benzene rings is 1. The average molecular weight is 489 g/mol. The van der Waals surface area contributed by atoms with E-state index in [1.165, 1.54) is 7.11 Å². The number of piperidine rings is 1. The van der Waals surface area contributed by atoms with Gasteiger partial charge >= 0.3 is 0 Å². The number of primary amides is 1. The Hall–Kier alpha value is -4.25. The molecule has 1 amide bonds. The van der Waals surface area contributed by atoms with Crippen LogP contribution in [0.1, 0.15) is 23.3 Å². The van der Waals surface area contributed by atoms with E-state index in [4.69, 9.17) is 15.2 Å². The molecular weight excluding hydrogens is 460 g/mol. The summed E-state index contributed by atoms with van der Waals surface area (Å²) < 4.78 is 13.5. The smallest absolute Gasteiger partial charge is 0.271 e. The van der Waals surface area contributed by atoms with Crippen LogP contribution in [0.3, 0.4) is 0 Å². The number of carbonyl (C=O) groups excluding carboxylic acids is 1. The standard InChI is InChI=1S/C25H28N8O3/c1-32-10-8-17(9-11-32)36-16-6-4-15(5-7-16)29-24-22(23(26)34)30-21(25(31-24)35-3)18-12-27-13-19-20(18)28-14-33(19)2/h4-7,12-14,17H,8-11H2,1-3H3,(H2,26,34)(H,29,31). The number of nitrogens with one attached hydrogen (secondary N) is 1. The van der Waals surface area contributed by atoms with Gasteiger partial charge in [0.2, 0.25) is 5.88 Å². The SMILES string of the molecule is COc1nc(Nc2ccc(OC3CCN(C)CC3)cc2)c(C(N)=O)nc1-c1cncc2c1ncn2C. The van der Waals surface area contributed by atoms with Crippen molar-refractivity contribution < 1.29 is 14.3 Å². The summed E-state index contributed by atoms with van der Waals surface area (Å²) in [5.74, 6) is 0.468. The van der Waals surface area contributed by atoms with Crippen LogP contribution in [0.5, 0.6) is 11.6 Å². The maximum absolute atomic E-state index is 12.3. The minimum absolute atomic E-state index is 0.0228. The second kappa shape index (κ2) is 9.78. The summed E-state index contributed by atoms with van der Waals surface area (Å²) in [5, 5.41) is 3.13. The third-order valence-electron chi connectivity index (χ3n) is 6.27. The number of methoxy groups -OCH3 is 1. The number of nitrogens with zero attached hydrogens (tertiary/aromatic N) is 6. The van der Waals surface area contributed by atoms with E-state index in [9.17, 15) is 4.79 Å². The van der Waals surface area contributed by atoms with Crippen LogP contribution in [0.15, 0.2) is 43.0 Å². The van der Waals surface area contributed by atoms with E-state index < -0.39 is 5.91 Å². The molecule has 0 spiro atoms. The molecule has 11 nitrogen and oxygen atoms in total. The predicted octanol–water partition coefficient (Wildman–Crippen LogP) is 2.75. The number of hydrogen-bond acceptors (Lipinski definition) is 9. The van der Waals surface area contributed by atoms with Crippen molar-refractivity contribution in [3.8, 4) is 22.9 Å². The van der Waals surface area contributed by atoms with E-state index in [2.05, 4.69) is 37.2 Å². The van der Waals surface area contributed by atoms with Crippen molar-refractivity contribution in [1.82, 2.24) is 29.4 Å². The fraction of sp³-hybridized carbons (Fsp3) is 0.320. The molecule has 1 aliphatic rings. The lowest BCUT2D eigenvalue weighted by atomic mass is 10.1. The fourth-order valence-corrected chi connectivity index (χ4v) is 4.26. The first-order valence-corrected chi connectivity index (χ1v) is 11.7. The number of nitrogens with two attached hydrogens (primary N) is 1. The fourth-order valence-electron chi connectivity index (χ4n) is 4.26. The summed E-state index contributed by atoms with van der Waals surface area (Å²) in [6.07, 6.45) is 7.21. The quantitative estimate of drug-likeness (QED) is 0.403. The highest BCUT2D eigenvalue weighted by Crippen LogP contribution is 2.33. The molecule has 0 atom stereocenters. The molecule has 36 heavy (non-hydrogen) atoms. The maximum Gasteiger partial charge on any atom is 0.271 e. The van der Waals surface area contributed by atoms with E-state index in [-0.39, 0.29) is 23.5 Å². The molecule has 0 saturated carbocycles. The molecule has 1 aliphatic heterocycles. The number of amides is 1. The molecule has 0 bridgehead atoms. The molecule has 11 heteroatoms. The van der Waals surface area contributed by atoms with Crippen LogP contribution in [-0.4, -0.2) is 68.7 Å². The van der Waals surface area contributed by atoms with E-state index in [0.29, 0.717) is 22.5 Å². The van der Waals surface area contributed by atoms with Gasteiger partial charge in [0, 0.05) is 32.0 Å². The van der Waals surface area contributed by atoms with Gasteiger partial charge in [-0.15, -0.1) is 0 Å². The molecule has 0 aliphatic carbocycles. The molecule has 3 aromatic heterocycles. The lowest BCUT2D eigenvalue weighted by molar-refractivity contribution is 0.0996. The largest absolute Gasteiger partial charge is 0.490 e. The maximum atomic E-state index is 12.3. The van der Waals surface area contributed by atoms with Gasteiger partial charge in [-0.3, -0.25) is 9.78 Å². The molecule has 1 fully saturated rings. The van der Waals surface area contributed by atoms with Crippen LogP contribution >= 0.6 is 0 Å². The first kappa shape index (κ1) is 23.5. The molecule has 3 N–H and O–H groups in total. The number of imidazole rings is 1. The number of fused-ring (bicyclic) bond motifs is 1. The van der Waals surface area contributed by atoms with Crippen LogP contribution in [0.25, 0.3) is 22.3 Å². The van der Waals surface area contributed by atoms with Crippen LogP contribution < -0.4 is 20.5 Å². The van der Waals surface area contributed by atoms with Gasteiger partial charge in [0.25, 0.3) is 5.91 Å². The summed E-state index contributed by atoms with van der Waals surface area (Å²) in [6, 6.07) is 7.49. The van der Waals surface area contributed by atoms with Crippen molar-refractivity contribution in [3.63, 3.8) is 0 Å². The predicted molar refractivity (Wildman–Crippen MR) is 135 cm³/mol. The zero-order chi connectivity index (χ0) is 25.2. The highest BCUT2D eigenvalue weighted by molar-refractivity contribution is 5.98. The molecule has 0 unspecified atom stereocenters. The minimum atomic E-state index is -0.725. The highest BCUT2D eigenvalue weighted by atomic mass is 16.5. The van der Waals surface area contributed by atoms with Crippen LogP contribution in [0.2, 0.25) is 0 Å². The zero-order valence-electron chi connectivity index (χ0n) is 20.4. The van der Waals surface area contributed by atoms with Crippen LogP contribution in [0.4, 0.5) is 11.5 Å². The van der Waals surface area contributed by atoms with Gasteiger partial charge in [-0.1, -0.05) is 0 Å². The second-order valence-electron chi connectivity index (χ2n) is 8.82. The molecule has 186 valence electrons. The summed E-state index contributed by atoms with van der Waals surface area (Å²) in [7, 11) is 5.48. The second-order valence-corrected chi connectivity index (χ2v) is 8.82. The van der Waals surface area contributed by atoms with Crippen molar-refractivity contribution in [2.45, 2.75) is 18.9 Å². The van der Waals surface area contributed by atoms with Crippen molar-refractivity contribution in [1.29, 1.82) is 0 Å². The number of anilines is 2. The Morgan fingerprint density at radius 1 is 1.11 bits per heavy atom. The summed E-state index contributed by atoms with van der Waals surface area (Å²) in [6.45, 7) is 2.06. The zero-order valence-corrected chi connectivity index (χ0v) is 20.4. The minimum Gasteiger partial charge on any atom is -0.490 e. The molecule has 4 aromatic rings. The Bertz CT molecular complexity index is 1390. The first-order valence-electron chi connectivity index (χ1n) is 11.7. The highest BCUT2D eigenvalue weighted by Gasteiger charge is 2.22. The van der Waals surface area contributed by atoms with Gasteiger partial charge in [0.05, 0.1) is 30.7 Å². The molecule has 1 aromatic carbocycles. The van der Waals surface area contributed by atoms with Crippen molar-refractivity contribution in [2.24, 2.45) is 12.8 Å². The molecule has 0 radical (unpaired) electrons. The number of likely N-dealkylation sites (tertiary alicyclic amines) is 1. The Morgan fingerprint density at radius 3 is 2.56 bits per heavy atom. The number of aryl methyl sites for hydroxylation is 1. The number of ether oxygens (including phenoxy) is 2. The van der Waals surface area contributed by atoms with Gasteiger partial charge in [-0.05, 0) is 44.2 Å². The Kier molecular flexibility index (Phi) is 6.38. The normalized spacial score (nSPS) is 14.6. The van der Waals surface area contributed by atoms with Gasteiger partial charge < -0.3 is 30.0 Å². The van der Waals surface area contributed by atoms with Crippen molar-refractivity contribution in [2.75, 3.05) is 32.6 Å². The summed E-state index contributed by atoms with van der Waals surface area (Å²) in [5.41, 5.74) is 8.74. The Morgan fingerprint density at radius 2 is 1.86 bits per heavy atom. The monoisotopic (exact) mass is 488 g/mol. The number of aromatic nitrogens is 5. The van der Waals surface area contributed by atoms with E-state index in [1.807, 2.05) is 35.9 Å². The van der Waals surface area contributed by atoms with Gasteiger partial charge in [0.1, 0.15) is 23.1 Å². The number of pyridine rings is 1. The summed E-state index contributed by atoms with van der Waals surface area (Å²) >= 11 is 0. The molecule has 5 rings (SSSR count).